The number of nitrogens with one attached hydrogen (secondary N) is 2. The van der Waals surface area contributed by atoms with E-state index < -0.39 is 24.1 Å². The maximum Gasteiger partial charge on any atom is 0.306 e. The number of carboxylic acids is 2. The molecule has 0 saturated heterocycles. The zero-order valence-corrected chi connectivity index (χ0v) is 39.5. The topological polar surface area (TPSA) is 249 Å². The van der Waals surface area contributed by atoms with E-state index in [0.717, 1.165) is 55.6 Å². The standard InChI is InChI=1S/C54H56N6O10/c1-33-11-45(17-51(49(33)27-59-25-43(61)15-53(63)64)69-29-39-13-37(19-55)21-57-23-39)67-31-41-7-5-9-47(35(41)3)48-10-6-8-42(36(48)4)32-68-46-12-34(2)50(28-60-26-44(62)16-54(65)66)52(18-46)70-30-40-14-38(20-56)22-58-24-40/h5-14,17-18,21-24,43-44,59-62H,15-16,25-32H2,1-4H3,(H,63,64)(H,65,66). The fourth-order valence-corrected chi connectivity index (χ4v) is 7.82. The molecule has 16 heteroatoms. The first-order valence-corrected chi connectivity index (χ1v) is 22.6. The van der Waals surface area contributed by atoms with Crippen LogP contribution in [0.1, 0.15) is 79.6 Å². The molecule has 2 aromatic heterocycles. The van der Waals surface area contributed by atoms with Crippen molar-refractivity contribution in [2.24, 2.45) is 0 Å². The highest BCUT2D eigenvalue weighted by molar-refractivity contribution is 5.72. The molecular weight excluding hydrogens is 893 g/mol. The number of pyridine rings is 2. The first kappa shape index (κ1) is 51.5. The van der Waals surface area contributed by atoms with Crippen LogP contribution in [0.3, 0.4) is 0 Å². The van der Waals surface area contributed by atoms with Gasteiger partial charge in [-0.3, -0.25) is 19.6 Å². The Bertz CT molecular complexity index is 2700. The van der Waals surface area contributed by atoms with E-state index in [1.54, 1.807) is 36.7 Å². The van der Waals surface area contributed by atoms with Crippen molar-refractivity contribution in [3.63, 3.8) is 0 Å². The largest absolute Gasteiger partial charge is 0.489 e. The van der Waals surface area contributed by atoms with Crippen LogP contribution in [0.5, 0.6) is 23.0 Å². The van der Waals surface area contributed by atoms with Crippen molar-refractivity contribution in [3.8, 4) is 46.3 Å². The van der Waals surface area contributed by atoms with E-state index in [1.165, 1.54) is 12.4 Å². The number of aromatic nitrogens is 2. The molecule has 2 unspecified atom stereocenters. The molecule has 6 rings (SSSR count). The summed E-state index contributed by atoms with van der Waals surface area (Å²) in [5.74, 6) is 0.00624. The predicted octanol–water partition coefficient (Wildman–Crippen LogP) is 7.29. The second-order valence-corrected chi connectivity index (χ2v) is 16.9. The Hall–Kier alpha value is -7.86. The van der Waals surface area contributed by atoms with Gasteiger partial charge in [-0.15, -0.1) is 0 Å². The highest BCUT2D eigenvalue weighted by atomic mass is 16.5. The van der Waals surface area contributed by atoms with Gasteiger partial charge in [-0.1, -0.05) is 36.4 Å². The molecule has 0 saturated carbocycles. The first-order valence-electron chi connectivity index (χ1n) is 22.6. The van der Waals surface area contributed by atoms with Gasteiger partial charge >= 0.3 is 11.9 Å². The summed E-state index contributed by atoms with van der Waals surface area (Å²) in [6.07, 6.45) is 3.33. The third kappa shape index (κ3) is 14.6. The summed E-state index contributed by atoms with van der Waals surface area (Å²) in [6.45, 7) is 9.48. The van der Waals surface area contributed by atoms with Crippen LogP contribution in [0.25, 0.3) is 11.1 Å². The lowest BCUT2D eigenvalue weighted by Gasteiger charge is -2.19. The Morgan fingerprint density at radius 2 is 1.00 bits per heavy atom. The predicted molar refractivity (Wildman–Crippen MR) is 259 cm³/mol. The lowest BCUT2D eigenvalue weighted by Crippen LogP contribution is -2.28. The lowest BCUT2D eigenvalue weighted by atomic mass is 9.92. The maximum atomic E-state index is 11.1. The molecule has 0 bridgehead atoms. The van der Waals surface area contributed by atoms with Crippen LogP contribution >= 0.6 is 0 Å². The molecule has 16 nitrogen and oxygen atoms in total. The van der Waals surface area contributed by atoms with Gasteiger partial charge in [0.25, 0.3) is 0 Å². The van der Waals surface area contributed by atoms with Crippen LogP contribution in [0.4, 0.5) is 0 Å². The minimum atomic E-state index is -1.09. The van der Waals surface area contributed by atoms with Crippen molar-refractivity contribution < 1.29 is 49.0 Å². The number of aryl methyl sites for hydroxylation is 2. The second kappa shape index (κ2) is 25.0. The van der Waals surface area contributed by atoms with Gasteiger partial charge in [-0.25, -0.2) is 0 Å². The fourth-order valence-electron chi connectivity index (χ4n) is 7.82. The van der Waals surface area contributed by atoms with Crippen LogP contribution in [0.2, 0.25) is 0 Å². The van der Waals surface area contributed by atoms with Crippen LogP contribution in [-0.4, -0.2) is 67.6 Å². The normalized spacial score (nSPS) is 11.8. The van der Waals surface area contributed by atoms with Crippen molar-refractivity contribution in [2.75, 3.05) is 13.1 Å². The molecule has 70 heavy (non-hydrogen) atoms. The highest BCUT2D eigenvalue weighted by Crippen LogP contribution is 2.35. The van der Waals surface area contributed by atoms with Gasteiger partial charge < -0.3 is 50.0 Å². The summed E-state index contributed by atoms with van der Waals surface area (Å²) in [7, 11) is 0. The average Bonchev–Trinajstić information content (AvgIpc) is 3.33. The van der Waals surface area contributed by atoms with E-state index in [2.05, 4.69) is 58.7 Å². The average molecular weight is 949 g/mol. The second-order valence-electron chi connectivity index (χ2n) is 16.9. The van der Waals surface area contributed by atoms with Crippen molar-refractivity contribution in [2.45, 2.75) is 92.3 Å². The maximum absolute atomic E-state index is 11.1. The van der Waals surface area contributed by atoms with Crippen LogP contribution < -0.4 is 29.6 Å². The monoisotopic (exact) mass is 948 g/mol. The number of hydrogen-bond donors (Lipinski definition) is 6. The first-order chi connectivity index (χ1) is 33.7. The number of benzene rings is 4. The van der Waals surface area contributed by atoms with E-state index in [4.69, 9.17) is 29.2 Å². The van der Waals surface area contributed by atoms with Gasteiger partial charge in [0.05, 0.1) is 36.2 Å². The number of rotatable bonds is 25. The number of aliphatic carboxylic acids is 2. The van der Waals surface area contributed by atoms with Gasteiger partial charge in [0.15, 0.2) is 0 Å². The molecule has 0 fully saturated rings. The molecular formula is C54H56N6O10. The number of ether oxygens (including phenoxy) is 4. The molecule has 0 radical (unpaired) electrons. The third-order valence-electron chi connectivity index (χ3n) is 11.6. The van der Waals surface area contributed by atoms with Crippen molar-refractivity contribution in [1.82, 2.24) is 20.6 Å². The summed E-state index contributed by atoms with van der Waals surface area (Å²) < 4.78 is 25.5. The summed E-state index contributed by atoms with van der Waals surface area (Å²) >= 11 is 0. The Morgan fingerprint density at radius 3 is 1.39 bits per heavy atom. The number of aliphatic hydroxyl groups excluding tert-OH is 2. The molecule has 0 amide bonds. The van der Waals surface area contributed by atoms with E-state index in [1.807, 2.05) is 50.2 Å². The molecule has 0 aliphatic heterocycles. The van der Waals surface area contributed by atoms with E-state index in [-0.39, 0.29) is 52.4 Å². The van der Waals surface area contributed by atoms with Crippen molar-refractivity contribution in [1.29, 1.82) is 10.5 Å². The molecule has 4 aromatic carbocycles. The van der Waals surface area contributed by atoms with Crippen LogP contribution in [-0.2, 0) is 49.1 Å². The Kier molecular flexibility index (Phi) is 18.4. The lowest BCUT2D eigenvalue weighted by molar-refractivity contribution is -0.140. The minimum Gasteiger partial charge on any atom is -0.489 e. The van der Waals surface area contributed by atoms with Crippen molar-refractivity contribution in [3.05, 3.63) is 164 Å². The smallest absolute Gasteiger partial charge is 0.306 e. The van der Waals surface area contributed by atoms with E-state index in [9.17, 15) is 30.3 Å². The molecule has 6 N–H and O–H groups in total. The molecule has 2 heterocycles. The number of hydrogen-bond acceptors (Lipinski definition) is 14. The summed E-state index contributed by atoms with van der Waals surface area (Å²) in [5.41, 5.74) is 11.6. The van der Waals surface area contributed by atoms with Crippen LogP contribution in [0, 0.1) is 50.4 Å². The molecule has 6 aromatic rings. The number of aliphatic hydroxyl groups is 2. The summed E-state index contributed by atoms with van der Waals surface area (Å²) in [6, 6.07) is 27.2. The van der Waals surface area contributed by atoms with Crippen LogP contribution in [0.15, 0.2) is 97.6 Å². The fraction of sp³-hybridized carbons (Fsp3) is 0.296. The van der Waals surface area contributed by atoms with Gasteiger partial charge in [-0.05, 0) is 96.5 Å². The van der Waals surface area contributed by atoms with Gasteiger partial charge in [0.2, 0.25) is 0 Å². The van der Waals surface area contributed by atoms with Gasteiger partial charge in [0, 0.05) is 85.4 Å². The third-order valence-corrected chi connectivity index (χ3v) is 11.6. The SMILES string of the molecule is Cc1cc(OCc2cccc(-c3cccc(COc4cc(C)c(CNCC(O)CC(=O)O)c(OCc5cncc(C#N)c5)c4)c3C)c2C)cc(OCc2cncc(C#N)c2)c1CNCC(O)CC(=O)O. The molecule has 0 aliphatic carbocycles. The Balaban J connectivity index is 1.18. The minimum absolute atomic E-state index is 0.0691. The summed E-state index contributed by atoms with van der Waals surface area (Å²) in [5, 5.41) is 63.4. The molecule has 362 valence electrons. The zero-order chi connectivity index (χ0) is 50.2. The number of carbonyl (C=O) groups is 2. The van der Waals surface area contributed by atoms with Gasteiger partial charge in [-0.2, -0.15) is 10.5 Å². The zero-order valence-electron chi connectivity index (χ0n) is 39.5. The molecule has 0 spiro atoms. The molecule has 2 atom stereocenters. The van der Waals surface area contributed by atoms with E-state index >= 15 is 0 Å². The van der Waals surface area contributed by atoms with Gasteiger partial charge in [0.1, 0.15) is 61.6 Å². The number of nitrogens with zero attached hydrogens (tertiary/aromatic N) is 4. The highest BCUT2D eigenvalue weighted by Gasteiger charge is 2.18. The number of carboxylic acid groups (broad SMARTS) is 2. The summed E-state index contributed by atoms with van der Waals surface area (Å²) in [4.78, 5) is 30.4. The quantitative estimate of drug-likeness (QED) is 0.0330. The Morgan fingerprint density at radius 1 is 0.586 bits per heavy atom. The number of nitriles is 2. The van der Waals surface area contributed by atoms with Crippen molar-refractivity contribution >= 4 is 11.9 Å². The Labute approximate surface area is 406 Å². The molecule has 0 aliphatic rings. The van der Waals surface area contributed by atoms with E-state index in [0.29, 0.717) is 58.3 Å².